The van der Waals surface area contributed by atoms with Gasteiger partial charge in [0.1, 0.15) is 11.5 Å². The number of ether oxygens (including phenoxy) is 1. The Kier molecular flexibility index (Phi) is 4.92. The minimum atomic E-state index is 0.0561. The molecular formula is C17H18Br2O. The van der Waals surface area contributed by atoms with Crippen LogP contribution < -0.4 is 4.74 Å². The fraction of sp³-hybridized carbons (Fsp3) is 0.294. The van der Waals surface area contributed by atoms with Crippen molar-refractivity contribution in [1.82, 2.24) is 0 Å². The summed E-state index contributed by atoms with van der Waals surface area (Å²) in [7, 11) is 0. The molecule has 2 aromatic rings. The highest BCUT2D eigenvalue weighted by Gasteiger charge is 2.19. The van der Waals surface area contributed by atoms with Crippen LogP contribution in [0.3, 0.4) is 0 Å². The van der Waals surface area contributed by atoms with Gasteiger partial charge >= 0.3 is 0 Å². The minimum absolute atomic E-state index is 0.0561. The van der Waals surface area contributed by atoms with Crippen LogP contribution in [0.4, 0.5) is 0 Å². The highest BCUT2D eigenvalue weighted by molar-refractivity contribution is 9.10. The Bertz CT molecular complexity index is 600. The van der Waals surface area contributed by atoms with Gasteiger partial charge in [0.05, 0.1) is 0 Å². The third-order valence-corrected chi connectivity index (χ3v) is 4.18. The van der Waals surface area contributed by atoms with Crippen molar-refractivity contribution in [1.29, 1.82) is 0 Å². The van der Waals surface area contributed by atoms with Crippen molar-refractivity contribution in [3.8, 4) is 11.5 Å². The van der Waals surface area contributed by atoms with Gasteiger partial charge in [-0.1, -0.05) is 70.8 Å². The lowest BCUT2D eigenvalue weighted by molar-refractivity contribution is 0.452. The van der Waals surface area contributed by atoms with E-state index in [9.17, 15) is 0 Å². The van der Waals surface area contributed by atoms with Crippen LogP contribution in [0.2, 0.25) is 0 Å². The molecule has 2 aromatic carbocycles. The number of benzene rings is 2. The van der Waals surface area contributed by atoms with Crippen molar-refractivity contribution in [2.45, 2.75) is 31.5 Å². The first kappa shape index (κ1) is 15.6. The highest BCUT2D eigenvalue weighted by Crippen LogP contribution is 2.36. The molecule has 20 heavy (non-hydrogen) atoms. The van der Waals surface area contributed by atoms with Crippen LogP contribution in [0.25, 0.3) is 0 Å². The zero-order chi connectivity index (χ0) is 14.8. The summed E-state index contributed by atoms with van der Waals surface area (Å²) in [6, 6.07) is 14.3. The summed E-state index contributed by atoms with van der Waals surface area (Å²) < 4.78 is 7.22. The average molecular weight is 398 g/mol. The molecule has 0 heterocycles. The van der Waals surface area contributed by atoms with Gasteiger partial charge < -0.3 is 4.74 Å². The molecule has 0 amide bonds. The number of para-hydroxylation sites is 1. The normalized spacial score (nSPS) is 11.4. The molecule has 0 saturated heterocycles. The lowest BCUT2D eigenvalue weighted by atomic mass is 9.86. The van der Waals surface area contributed by atoms with Crippen molar-refractivity contribution >= 4 is 31.9 Å². The summed E-state index contributed by atoms with van der Waals surface area (Å²) >= 11 is 7.01. The molecule has 106 valence electrons. The Morgan fingerprint density at radius 1 is 1.00 bits per heavy atom. The van der Waals surface area contributed by atoms with Crippen molar-refractivity contribution in [3.05, 3.63) is 58.1 Å². The quantitative estimate of drug-likeness (QED) is 0.542. The van der Waals surface area contributed by atoms with Gasteiger partial charge in [-0.25, -0.2) is 0 Å². The molecule has 2 rings (SSSR count). The van der Waals surface area contributed by atoms with E-state index < -0.39 is 0 Å². The van der Waals surface area contributed by atoms with Crippen LogP contribution in [-0.4, -0.2) is 0 Å². The molecule has 0 radical (unpaired) electrons. The fourth-order valence-electron chi connectivity index (χ4n) is 2.05. The number of rotatable bonds is 3. The number of alkyl halides is 1. The number of halogens is 2. The second-order valence-corrected chi connectivity index (χ2v) is 7.21. The lowest BCUT2D eigenvalue weighted by Crippen LogP contribution is -2.12. The molecule has 0 aliphatic carbocycles. The summed E-state index contributed by atoms with van der Waals surface area (Å²) in [6.07, 6.45) is 0. The molecule has 0 unspecified atom stereocenters. The summed E-state index contributed by atoms with van der Waals surface area (Å²) in [5, 5.41) is 0.763. The third-order valence-electron chi connectivity index (χ3n) is 3.08. The summed E-state index contributed by atoms with van der Waals surface area (Å²) in [4.78, 5) is 0. The minimum Gasteiger partial charge on any atom is -0.457 e. The van der Waals surface area contributed by atoms with E-state index in [4.69, 9.17) is 4.74 Å². The predicted octanol–water partition coefficient (Wildman–Crippen LogP) is 6.43. The average Bonchev–Trinajstić information content (AvgIpc) is 2.40. The van der Waals surface area contributed by atoms with Gasteiger partial charge in [-0.2, -0.15) is 0 Å². The summed E-state index contributed by atoms with van der Waals surface area (Å²) in [5.41, 5.74) is 2.40. The van der Waals surface area contributed by atoms with E-state index in [1.807, 2.05) is 24.3 Å². The molecule has 0 bridgehead atoms. The Balaban J connectivity index is 2.41. The summed E-state index contributed by atoms with van der Waals surface area (Å²) in [6.45, 7) is 6.59. The van der Waals surface area contributed by atoms with Crippen LogP contribution >= 0.6 is 31.9 Å². The monoisotopic (exact) mass is 396 g/mol. The summed E-state index contributed by atoms with van der Waals surface area (Å²) in [5.74, 6) is 1.81. The zero-order valence-electron chi connectivity index (χ0n) is 11.9. The highest BCUT2D eigenvalue weighted by atomic mass is 79.9. The lowest BCUT2D eigenvalue weighted by Gasteiger charge is -2.23. The largest absolute Gasteiger partial charge is 0.457 e. The van der Waals surface area contributed by atoms with Gasteiger partial charge in [0, 0.05) is 20.9 Å². The molecule has 0 spiro atoms. The van der Waals surface area contributed by atoms with Crippen LogP contribution in [0.15, 0.2) is 46.9 Å². The van der Waals surface area contributed by atoms with Crippen molar-refractivity contribution in [2.24, 2.45) is 0 Å². The van der Waals surface area contributed by atoms with E-state index in [1.54, 1.807) is 0 Å². The molecule has 0 N–H and O–H groups in total. The van der Waals surface area contributed by atoms with Gasteiger partial charge in [-0.15, -0.1) is 0 Å². The Labute approximate surface area is 137 Å². The van der Waals surface area contributed by atoms with Crippen molar-refractivity contribution in [2.75, 3.05) is 0 Å². The van der Waals surface area contributed by atoms with Crippen LogP contribution in [0.1, 0.15) is 31.9 Å². The predicted molar refractivity (Wildman–Crippen MR) is 92.0 cm³/mol. The topological polar surface area (TPSA) is 9.23 Å². The van der Waals surface area contributed by atoms with Gasteiger partial charge in [-0.05, 0) is 29.7 Å². The molecular weight excluding hydrogens is 380 g/mol. The Hall–Kier alpha value is -0.800. The first-order chi connectivity index (χ1) is 9.41. The molecule has 0 aliphatic heterocycles. The van der Waals surface area contributed by atoms with E-state index in [1.165, 1.54) is 5.56 Å². The molecule has 0 aromatic heterocycles. The van der Waals surface area contributed by atoms with Gasteiger partial charge in [0.2, 0.25) is 0 Å². The molecule has 1 nitrogen and oxygen atoms in total. The maximum Gasteiger partial charge on any atom is 0.131 e. The first-order valence-corrected chi connectivity index (χ1v) is 8.45. The van der Waals surface area contributed by atoms with Crippen molar-refractivity contribution in [3.63, 3.8) is 0 Å². The standard InChI is InChI=1S/C17H18Br2O/c1-17(2,3)14-6-4-5-7-16(14)20-15-9-8-13(19)10-12(15)11-18/h4-10H,11H2,1-3H3. The first-order valence-electron chi connectivity index (χ1n) is 6.53. The molecule has 0 saturated carbocycles. The third kappa shape index (κ3) is 3.64. The molecule has 3 heteroatoms. The van der Waals surface area contributed by atoms with Gasteiger partial charge in [0.15, 0.2) is 0 Å². The van der Waals surface area contributed by atoms with Crippen LogP contribution in [-0.2, 0) is 10.7 Å². The van der Waals surface area contributed by atoms with Crippen LogP contribution in [0.5, 0.6) is 11.5 Å². The second kappa shape index (κ2) is 6.31. The van der Waals surface area contributed by atoms with E-state index >= 15 is 0 Å². The molecule has 0 fully saturated rings. The van der Waals surface area contributed by atoms with E-state index in [2.05, 4.69) is 70.8 Å². The fourth-order valence-corrected chi connectivity index (χ4v) is 2.89. The molecule has 0 aliphatic rings. The number of hydrogen-bond donors (Lipinski definition) is 0. The Morgan fingerprint density at radius 3 is 2.35 bits per heavy atom. The van der Waals surface area contributed by atoms with Gasteiger partial charge in [0.25, 0.3) is 0 Å². The SMILES string of the molecule is CC(C)(C)c1ccccc1Oc1ccc(Br)cc1CBr. The Morgan fingerprint density at radius 2 is 1.70 bits per heavy atom. The van der Waals surface area contributed by atoms with Crippen molar-refractivity contribution < 1.29 is 4.74 Å². The van der Waals surface area contributed by atoms with Gasteiger partial charge in [-0.3, -0.25) is 0 Å². The van der Waals surface area contributed by atoms with E-state index in [0.29, 0.717) is 0 Å². The second-order valence-electron chi connectivity index (χ2n) is 5.73. The smallest absolute Gasteiger partial charge is 0.131 e. The maximum absolute atomic E-state index is 6.16. The van der Waals surface area contributed by atoms with E-state index in [-0.39, 0.29) is 5.41 Å². The maximum atomic E-state index is 6.16. The molecule has 0 atom stereocenters. The van der Waals surface area contributed by atoms with E-state index in [0.717, 1.165) is 26.9 Å². The number of hydrogen-bond acceptors (Lipinski definition) is 1. The van der Waals surface area contributed by atoms with Crippen LogP contribution in [0, 0.1) is 0 Å². The zero-order valence-corrected chi connectivity index (χ0v) is 15.1.